The quantitative estimate of drug-likeness (QED) is 0.603. The molecule has 0 saturated heterocycles. The first-order valence-corrected chi connectivity index (χ1v) is 5.19. The van der Waals surface area contributed by atoms with E-state index in [-0.39, 0.29) is 6.61 Å². The molecule has 0 aliphatic rings. The average Bonchev–Trinajstić information content (AvgIpc) is 2.26. The van der Waals surface area contributed by atoms with Crippen LogP contribution < -0.4 is 0 Å². The van der Waals surface area contributed by atoms with Gasteiger partial charge in [-0.05, 0) is 5.56 Å². The lowest BCUT2D eigenvalue weighted by atomic mass is 10.2. The zero-order valence-corrected chi connectivity index (χ0v) is 9.35. The van der Waals surface area contributed by atoms with E-state index in [1.54, 1.807) is 6.92 Å². The molecule has 1 aromatic rings. The summed E-state index contributed by atoms with van der Waals surface area (Å²) in [5.74, 6) is -0.638. The number of rotatable bonds is 4. The van der Waals surface area contributed by atoms with Crippen LogP contribution in [-0.2, 0) is 16.1 Å². The van der Waals surface area contributed by atoms with Crippen LogP contribution in [0.3, 0.4) is 0 Å². The lowest BCUT2D eigenvalue weighted by Crippen LogP contribution is -2.30. The van der Waals surface area contributed by atoms with E-state index in [1.807, 2.05) is 30.3 Å². The molecule has 1 aromatic carbocycles. The normalized spacial score (nSPS) is 14.3. The molecule has 1 rings (SSSR count). The summed E-state index contributed by atoms with van der Waals surface area (Å²) < 4.78 is 4.91. The molecule has 0 unspecified atom stereocenters. The standard InChI is InChI=1S/C11H14O3S/c1-8(15)10(12)11(13)14-7-9-5-3-2-4-6-9/h2-6,8,10,12,15H,7H2,1H3/t8-,10+/m1/s1. The number of hydrogen-bond acceptors (Lipinski definition) is 4. The summed E-state index contributed by atoms with van der Waals surface area (Å²) in [6.45, 7) is 1.81. The summed E-state index contributed by atoms with van der Waals surface area (Å²) in [7, 11) is 0. The van der Waals surface area contributed by atoms with Crippen LogP contribution in [0.2, 0.25) is 0 Å². The highest BCUT2D eigenvalue weighted by atomic mass is 32.1. The fourth-order valence-corrected chi connectivity index (χ4v) is 1.13. The number of thiol groups is 1. The molecule has 0 aliphatic carbocycles. The van der Waals surface area contributed by atoms with Crippen molar-refractivity contribution >= 4 is 18.6 Å². The van der Waals surface area contributed by atoms with Gasteiger partial charge in [-0.1, -0.05) is 37.3 Å². The molecule has 82 valence electrons. The van der Waals surface area contributed by atoms with Gasteiger partial charge in [0.25, 0.3) is 0 Å². The molecule has 0 radical (unpaired) electrons. The summed E-state index contributed by atoms with van der Waals surface area (Å²) in [6, 6.07) is 9.31. The number of esters is 1. The topological polar surface area (TPSA) is 46.5 Å². The molecule has 1 N–H and O–H groups in total. The van der Waals surface area contributed by atoms with Crippen LogP contribution >= 0.6 is 12.6 Å². The zero-order valence-electron chi connectivity index (χ0n) is 8.46. The number of hydrogen-bond donors (Lipinski definition) is 2. The van der Waals surface area contributed by atoms with E-state index in [2.05, 4.69) is 12.6 Å². The molecular weight excluding hydrogens is 212 g/mol. The van der Waals surface area contributed by atoms with Crippen LogP contribution in [0.5, 0.6) is 0 Å². The van der Waals surface area contributed by atoms with Gasteiger partial charge in [-0.3, -0.25) is 0 Å². The minimum Gasteiger partial charge on any atom is -0.459 e. The Labute approximate surface area is 94.5 Å². The van der Waals surface area contributed by atoms with E-state index in [1.165, 1.54) is 0 Å². The Bertz CT molecular complexity index is 311. The van der Waals surface area contributed by atoms with Crippen molar-refractivity contribution in [2.75, 3.05) is 0 Å². The van der Waals surface area contributed by atoms with Crippen LogP contribution in [0.4, 0.5) is 0 Å². The van der Waals surface area contributed by atoms with Gasteiger partial charge in [-0.25, -0.2) is 4.79 Å². The lowest BCUT2D eigenvalue weighted by molar-refractivity contribution is -0.154. The fraction of sp³-hybridized carbons (Fsp3) is 0.364. The second-order valence-corrected chi connectivity index (χ2v) is 4.09. The van der Waals surface area contributed by atoms with Crippen molar-refractivity contribution in [2.45, 2.75) is 24.9 Å². The molecule has 0 saturated carbocycles. The minimum absolute atomic E-state index is 0.178. The Morgan fingerprint density at radius 3 is 2.60 bits per heavy atom. The second-order valence-electron chi connectivity index (χ2n) is 3.28. The van der Waals surface area contributed by atoms with E-state index in [0.29, 0.717) is 0 Å². The zero-order chi connectivity index (χ0) is 11.3. The predicted molar refractivity (Wildman–Crippen MR) is 60.7 cm³/mol. The van der Waals surface area contributed by atoms with Crippen molar-refractivity contribution in [3.05, 3.63) is 35.9 Å². The number of carbonyl (C=O) groups excluding carboxylic acids is 1. The van der Waals surface area contributed by atoms with E-state index in [4.69, 9.17) is 4.74 Å². The molecule has 0 fully saturated rings. The largest absolute Gasteiger partial charge is 0.459 e. The molecule has 4 heteroatoms. The molecule has 0 heterocycles. The molecule has 15 heavy (non-hydrogen) atoms. The lowest BCUT2D eigenvalue weighted by Gasteiger charge is -2.12. The number of benzene rings is 1. The number of aliphatic hydroxyl groups excluding tert-OH is 1. The molecule has 0 aliphatic heterocycles. The highest BCUT2D eigenvalue weighted by Gasteiger charge is 2.20. The number of ether oxygens (including phenoxy) is 1. The first-order valence-electron chi connectivity index (χ1n) is 4.68. The van der Waals surface area contributed by atoms with Crippen molar-refractivity contribution in [1.82, 2.24) is 0 Å². The minimum atomic E-state index is -1.17. The van der Waals surface area contributed by atoms with Gasteiger partial charge in [0.2, 0.25) is 0 Å². The van der Waals surface area contributed by atoms with E-state index < -0.39 is 17.3 Å². The number of carbonyl (C=O) groups is 1. The summed E-state index contributed by atoms with van der Waals surface area (Å²) in [5, 5.41) is 8.90. The third-order valence-corrected chi connectivity index (χ3v) is 2.20. The van der Waals surface area contributed by atoms with E-state index in [0.717, 1.165) is 5.56 Å². The van der Waals surface area contributed by atoms with Crippen LogP contribution in [0.1, 0.15) is 12.5 Å². The molecule has 2 atom stereocenters. The molecule has 0 bridgehead atoms. The van der Waals surface area contributed by atoms with Crippen LogP contribution in [0, 0.1) is 0 Å². The average molecular weight is 226 g/mol. The monoisotopic (exact) mass is 226 g/mol. The van der Waals surface area contributed by atoms with Crippen molar-refractivity contribution in [3.63, 3.8) is 0 Å². The molecular formula is C11H14O3S. The van der Waals surface area contributed by atoms with Gasteiger partial charge in [0, 0.05) is 5.25 Å². The van der Waals surface area contributed by atoms with Crippen molar-refractivity contribution < 1.29 is 14.6 Å². The summed E-state index contributed by atoms with van der Waals surface area (Å²) >= 11 is 3.96. The molecule has 3 nitrogen and oxygen atoms in total. The maximum Gasteiger partial charge on any atom is 0.336 e. The van der Waals surface area contributed by atoms with E-state index in [9.17, 15) is 9.90 Å². The van der Waals surface area contributed by atoms with Gasteiger partial charge in [-0.15, -0.1) is 0 Å². The smallest absolute Gasteiger partial charge is 0.336 e. The SMILES string of the molecule is C[C@@H](S)[C@H](O)C(=O)OCc1ccccc1. The molecule has 0 aromatic heterocycles. The predicted octanol–water partition coefficient (Wildman–Crippen LogP) is 1.41. The first kappa shape index (κ1) is 12.1. The summed E-state index contributed by atoms with van der Waals surface area (Å²) in [5.41, 5.74) is 0.893. The Morgan fingerprint density at radius 1 is 1.47 bits per heavy atom. The van der Waals surface area contributed by atoms with E-state index >= 15 is 0 Å². The van der Waals surface area contributed by atoms with Gasteiger partial charge in [0.05, 0.1) is 0 Å². The maximum absolute atomic E-state index is 11.2. The van der Waals surface area contributed by atoms with Crippen LogP contribution in [-0.4, -0.2) is 22.4 Å². The Hall–Kier alpha value is -1.00. The highest BCUT2D eigenvalue weighted by Crippen LogP contribution is 2.06. The van der Waals surface area contributed by atoms with Gasteiger partial charge < -0.3 is 9.84 Å². The summed E-state index contributed by atoms with van der Waals surface area (Å²) in [4.78, 5) is 11.2. The van der Waals surface area contributed by atoms with Gasteiger partial charge in [-0.2, -0.15) is 12.6 Å². The highest BCUT2D eigenvalue weighted by molar-refractivity contribution is 7.81. The van der Waals surface area contributed by atoms with Crippen molar-refractivity contribution in [1.29, 1.82) is 0 Å². The van der Waals surface area contributed by atoms with Crippen molar-refractivity contribution in [2.24, 2.45) is 0 Å². The van der Waals surface area contributed by atoms with Gasteiger partial charge in [0.1, 0.15) is 6.61 Å². The summed E-state index contributed by atoms with van der Waals surface area (Å²) in [6.07, 6.45) is -1.17. The molecule has 0 spiro atoms. The molecule has 0 amide bonds. The Kier molecular flexibility index (Phi) is 4.65. The maximum atomic E-state index is 11.2. The fourth-order valence-electron chi connectivity index (χ4n) is 1.01. The Balaban J connectivity index is 2.41. The van der Waals surface area contributed by atoms with Gasteiger partial charge >= 0.3 is 5.97 Å². The van der Waals surface area contributed by atoms with Crippen molar-refractivity contribution in [3.8, 4) is 0 Å². The van der Waals surface area contributed by atoms with Crippen LogP contribution in [0.25, 0.3) is 0 Å². The second kappa shape index (κ2) is 5.78. The van der Waals surface area contributed by atoms with Crippen LogP contribution in [0.15, 0.2) is 30.3 Å². The first-order chi connectivity index (χ1) is 7.11. The Morgan fingerprint density at radius 2 is 2.07 bits per heavy atom. The number of aliphatic hydroxyl groups is 1. The third kappa shape index (κ3) is 3.93. The third-order valence-electron chi connectivity index (χ3n) is 1.92. The van der Waals surface area contributed by atoms with Gasteiger partial charge in [0.15, 0.2) is 6.10 Å².